The summed E-state index contributed by atoms with van der Waals surface area (Å²) in [4.78, 5) is 10.7. The fourth-order valence-electron chi connectivity index (χ4n) is 1.58. The van der Waals surface area contributed by atoms with Crippen LogP contribution in [-0.4, -0.2) is 36.5 Å². The van der Waals surface area contributed by atoms with Crippen molar-refractivity contribution in [1.82, 2.24) is 0 Å². The molecule has 0 heterocycles. The zero-order valence-corrected chi connectivity index (χ0v) is 10.0. The van der Waals surface area contributed by atoms with Crippen LogP contribution in [0.15, 0.2) is 18.2 Å². The molecule has 0 spiro atoms. The number of aliphatic hydroxyl groups excluding tert-OH is 1. The molecule has 1 aromatic rings. The van der Waals surface area contributed by atoms with Crippen LogP contribution >= 0.6 is 0 Å². The van der Waals surface area contributed by atoms with Gasteiger partial charge in [-0.3, -0.25) is 0 Å². The number of methoxy groups -OCH3 is 2. The molecule has 0 aromatic heterocycles. The highest BCUT2D eigenvalue weighted by Gasteiger charge is 2.25. The molecule has 94 valence electrons. The maximum absolute atomic E-state index is 10.7. The smallest absolute Gasteiger partial charge is 0.333 e. The lowest BCUT2D eigenvalue weighted by atomic mass is 9.94. The second-order valence-corrected chi connectivity index (χ2v) is 3.68. The van der Waals surface area contributed by atoms with Crippen LogP contribution in [0.3, 0.4) is 0 Å². The van der Waals surface area contributed by atoms with Gasteiger partial charge < -0.3 is 19.7 Å². The van der Waals surface area contributed by atoms with Crippen LogP contribution < -0.4 is 9.47 Å². The Balaban J connectivity index is 3.08. The van der Waals surface area contributed by atoms with Gasteiger partial charge in [0.15, 0.2) is 6.10 Å². The fourth-order valence-corrected chi connectivity index (χ4v) is 1.58. The van der Waals surface area contributed by atoms with E-state index in [0.717, 1.165) is 0 Å². The summed E-state index contributed by atoms with van der Waals surface area (Å²) in [6.07, 6.45) is -1.46. The van der Waals surface area contributed by atoms with E-state index in [1.54, 1.807) is 25.1 Å². The zero-order valence-electron chi connectivity index (χ0n) is 10.0. The Labute approximate surface area is 99.6 Å². The van der Waals surface area contributed by atoms with E-state index in [-0.39, 0.29) is 0 Å². The Hall–Kier alpha value is -1.75. The van der Waals surface area contributed by atoms with Gasteiger partial charge in [0, 0.05) is 17.5 Å². The minimum absolute atomic E-state index is 0.497. The van der Waals surface area contributed by atoms with E-state index in [9.17, 15) is 9.90 Å². The minimum Gasteiger partial charge on any atom is -0.497 e. The number of rotatable bonds is 5. The summed E-state index contributed by atoms with van der Waals surface area (Å²) in [5.41, 5.74) is 0.628. The predicted molar refractivity (Wildman–Crippen MR) is 61.6 cm³/mol. The molecule has 0 saturated heterocycles. The number of carbonyl (C=O) groups is 1. The number of aliphatic hydroxyl groups is 1. The van der Waals surface area contributed by atoms with Crippen molar-refractivity contribution in [2.75, 3.05) is 14.2 Å². The maximum atomic E-state index is 10.7. The molecule has 5 nitrogen and oxygen atoms in total. The molecule has 2 unspecified atom stereocenters. The molecule has 17 heavy (non-hydrogen) atoms. The molecule has 0 aliphatic rings. The van der Waals surface area contributed by atoms with Gasteiger partial charge in [-0.25, -0.2) is 4.79 Å². The molecule has 2 atom stereocenters. The predicted octanol–water partition coefficient (Wildman–Crippen LogP) is 1.25. The molecule has 0 saturated carbocycles. The highest BCUT2D eigenvalue weighted by Crippen LogP contribution is 2.32. The van der Waals surface area contributed by atoms with E-state index >= 15 is 0 Å². The second-order valence-electron chi connectivity index (χ2n) is 3.68. The minimum atomic E-state index is -1.46. The lowest BCUT2D eigenvalue weighted by Crippen LogP contribution is -2.26. The summed E-state index contributed by atoms with van der Waals surface area (Å²) >= 11 is 0. The number of benzene rings is 1. The zero-order chi connectivity index (χ0) is 13.0. The van der Waals surface area contributed by atoms with Crippen molar-refractivity contribution in [3.05, 3.63) is 23.8 Å². The first-order chi connectivity index (χ1) is 8.01. The highest BCUT2D eigenvalue weighted by atomic mass is 16.5. The summed E-state index contributed by atoms with van der Waals surface area (Å²) < 4.78 is 10.2. The average Bonchev–Trinajstić information content (AvgIpc) is 2.35. The van der Waals surface area contributed by atoms with E-state index in [4.69, 9.17) is 14.6 Å². The Morgan fingerprint density at radius 3 is 2.41 bits per heavy atom. The monoisotopic (exact) mass is 240 g/mol. The first-order valence-corrected chi connectivity index (χ1v) is 5.14. The quantitative estimate of drug-likeness (QED) is 0.810. The molecular weight excluding hydrogens is 224 g/mol. The molecule has 1 aromatic carbocycles. The number of hydrogen-bond donors (Lipinski definition) is 2. The molecule has 1 rings (SSSR count). The first kappa shape index (κ1) is 13.3. The van der Waals surface area contributed by atoms with Crippen molar-refractivity contribution in [2.24, 2.45) is 0 Å². The number of ether oxygens (including phenoxy) is 2. The third-order valence-electron chi connectivity index (χ3n) is 2.66. The van der Waals surface area contributed by atoms with Crippen molar-refractivity contribution in [3.63, 3.8) is 0 Å². The molecular formula is C12H16O5. The van der Waals surface area contributed by atoms with E-state index < -0.39 is 18.0 Å². The maximum Gasteiger partial charge on any atom is 0.333 e. The molecule has 2 N–H and O–H groups in total. The van der Waals surface area contributed by atoms with Crippen LogP contribution in [0.25, 0.3) is 0 Å². The van der Waals surface area contributed by atoms with E-state index in [1.165, 1.54) is 14.2 Å². The van der Waals surface area contributed by atoms with Gasteiger partial charge in [-0.05, 0) is 6.07 Å². The van der Waals surface area contributed by atoms with E-state index in [2.05, 4.69) is 0 Å². The van der Waals surface area contributed by atoms with Crippen LogP contribution in [0.2, 0.25) is 0 Å². The molecule has 0 radical (unpaired) electrons. The van der Waals surface area contributed by atoms with E-state index in [0.29, 0.717) is 17.1 Å². The summed E-state index contributed by atoms with van der Waals surface area (Å²) in [6, 6.07) is 5.04. The second kappa shape index (κ2) is 5.54. The number of hydrogen-bond acceptors (Lipinski definition) is 4. The van der Waals surface area contributed by atoms with Crippen molar-refractivity contribution >= 4 is 5.97 Å². The number of aliphatic carboxylic acids is 1. The summed E-state index contributed by atoms with van der Waals surface area (Å²) in [5.74, 6) is -0.705. The third kappa shape index (κ3) is 2.88. The Bertz CT molecular complexity index is 402. The molecule has 0 aliphatic heterocycles. The fraction of sp³-hybridized carbons (Fsp3) is 0.417. The van der Waals surface area contributed by atoms with Crippen LogP contribution in [0.5, 0.6) is 11.5 Å². The lowest BCUT2D eigenvalue weighted by molar-refractivity contribution is -0.147. The molecule has 0 bridgehead atoms. The van der Waals surface area contributed by atoms with Crippen molar-refractivity contribution < 1.29 is 24.5 Å². The Morgan fingerprint density at radius 2 is 1.94 bits per heavy atom. The average molecular weight is 240 g/mol. The largest absolute Gasteiger partial charge is 0.497 e. The SMILES string of the molecule is COc1ccc(C(C)C(O)C(=O)O)c(OC)c1. The number of carboxylic acids is 1. The lowest BCUT2D eigenvalue weighted by Gasteiger charge is -2.18. The Morgan fingerprint density at radius 1 is 1.29 bits per heavy atom. The first-order valence-electron chi connectivity index (χ1n) is 5.14. The molecule has 0 fully saturated rings. The summed E-state index contributed by atoms with van der Waals surface area (Å²) in [6.45, 7) is 1.63. The molecule has 0 aliphatic carbocycles. The third-order valence-corrected chi connectivity index (χ3v) is 2.66. The van der Waals surface area contributed by atoms with Crippen LogP contribution in [-0.2, 0) is 4.79 Å². The van der Waals surface area contributed by atoms with Gasteiger partial charge >= 0.3 is 5.97 Å². The van der Waals surface area contributed by atoms with Crippen molar-refractivity contribution in [1.29, 1.82) is 0 Å². The van der Waals surface area contributed by atoms with Crippen molar-refractivity contribution in [2.45, 2.75) is 18.9 Å². The van der Waals surface area contributed by atoms with Crippen LogP contribution in [0, 0.1) is 0 Å². The van der Waals surface area contributed by atoms with Gasteiger partial charge in [-0.2, -0.15) is 0 Å². The van der Waals surface area contributed by atoms with Crippen molar-refractivity contribution in [3.8, 4) is 11.5 Å². The Kier molecular flexibility index (Phi) is 4.34. The topological polar surface area (TPSA) is 76.0 Å². The standard InChI is InChI=1S/C12H16O5/c1-7(11(13)12(14)15)9-5-4-8(16-2)6-10(9)17-3/h4-7,11,13H,1-3H3,(H,14,15). The van der Waals surface area contributed by atoms with Crippen LogP contribution in [0.4, 0.5) is 0 Å². The van der Waals surface area contributed by atoms with Gasteiger partial charge in [-0.15, -0.1) is 0 Å². The van der Waals surface area contributed by atoms with E-state index in [1.807, 2.05) is 0 Å². The number of carboxylic acid groups (broad SMARTS) is 1. The van der Waals surface area contributed by atoms with Gasteiger partial charge in [0.25, 0.3) is 0 Å². The molecule has 5 heteroatoms. The van der Waals surface area contributed by atoms with Gasteiger partial charge in [0.1, 0.15) is 11.5 Å². The normalized spacial score (nSPS) is 13.9. The van der Waals surface area contributed by atoms with Crippen LogP contribution in [0.1, 0.15) is 18.4 Å². The summed E-state index contributed by atoms with van der Waals surface area (Å²) in [5, 5.41) is 18.3. The van der Waals surface area contributed by atoms with Gasteiger partial charge in [-0.1, -0.05) is 13.0 Å². The molecule has 0 amide bonds. The summed E-state index contributed by atoms with van der Waals surface area (Å²) in [7, 11) is 3.02. The van der Waals surface area contributed by atoms with Gasteiger partial charge in [0.2, 0.25) is 0 Å². The highest BCUT2D eigenvalue weighted by molar-refractivity contribution is 5.73. The van der Waals surface area contributed by atoms with Gasteiger partial charge in [0.05, 0.1) is 14.2 Å².